The minimum atomic E-state index is 0.0737. The Balaban J connectivity index is 1.59. The van der Waals surface area contributed by atoms with Crippen molar-refractivity contribution in [3.05, 3.63) is 29.8 Å². The van der Waals surface area contributed by atoms with Crippen molar-refractivity contribution in [2.75, 3.05) is 12.4 Å². The number of hydrogen-bond donors (Lipinski definition) is 1. The molecule has 0 bridgehead atoms. The summed E-state index contributed by atoms with van der Waals surface area (Å²) in [6, 6.07) is 7.63. The van der Waals surface area contributed by atoms with Crippen LogP contribution >= 0.6 is 0 Å². The van der Waals surface area contributed by atoms with Crippen LogP contribution in [0.1, 0.15) is 55.8 Å². The molecule has 1 aromatic carbocycles. The van der Waals surface area contributed by atoms with E-state index in [-0.39, 0.29) is 17.7 Å². The molecule has 0 aromatic heterocycles. The van der Waals surface area contributed by atoms with Crippen LogP contribution in [0.5, 0.6) is 0 Å². The number of nitrogens with zero attached hydrogens (tertiary/aromatic N) is 1. The van der Waals surface area contributed by atoms with Crippen molar-refractivity contribution in [3.63, 3.8) is 0 Å². The first-order chi connectivity index (χ1) is 11.0. The molecule has 0 radical (unpaired) electrons. The maximum atomic E-state index is 12.6. The number of anilines is 1. The normalized spacial score (nSPS) is 24.1. The van der Waals surface area contributed by atoms with Gasteiger partial charge in [-0.3, -0.25) is 9.59 Å². The monoisotopic (exact) mass is 314 g/mol. The van der Waals surface area contributed by atoms with Crippen LogP contribution in [0.15, 0.2) is 24.3 Å². The zero-order valence-corrected chi connectivity index (χ0v) is 14.0. The first kappa shape index (κ1) is 16.0. The molecular weight excluding hydrogens is 288 g/mol. The average molecular weight is 314 g/mol. The van der Waals surface area contributed by atoms with E-state index in [1.54, 1.807) is 0 Å². The van der Waals surface area contributed by atoms with Crippen LogP contribution in [0.3, 0.4) is 0 Å². The third-order valence-electron chi connectivity index (χ3n) is 5.20. The van der Waals surface area contributed by atoms with Crippen molar-refractivity contribution >= 4 is 17.5 Å². The van der Waals surface area contributed by atoms with E-state index in [1.807, 2.05) is 36.2 Å². The number of carbonyl (C=O) groups excluding carboxylic acids is 2. The van der Waals surface area contributed by atoms with E-state index in [0.29, 0.717) is 11.6 Å². The topological polar surface area (TPSA) is 49.4 Å². The van der Waals surface area contributed by atoms with E-state index in [0.717, 1.165) is 37.3 Å². The van der Waals surface area contributed by atoms with Gasteiger partial charge in [-0.1, -0.05) is 6.92 Å². The average Bonchev–Trinajstić information content (AvgIpc) is 3.40. The Kier molecular flexibility index (Phi) is 4.69. The smallest absolute Gasteiger partial charge is 0.253 e. The van der Waals surface area contributed by atoms with Gasteiger partial charge in [-0.2, -0.15) is 0 Å². The van der Waals surface area contributed by atoms with E-state index < -0.39 is 0 Å². The van der Waals surface area contributed by atoms with Crippen LogP contribution < -0.4 is 5.32 Å². The molecule has 0 saturated heterocycles. The predicted octanol–water partition coefficient (Wildman–Crippen LogP) is 3.69. The lowest BCUT2D eigenvalue weighted by Crippen LogP contribution is -2.39. The van der Waals surface area contributed by atoms with Gasteiger partial charge < -0.3 is 10.2 Å². The highest BCUT2D eigenvalue weighted by atomic mass is 16.2. The number of nitrogens with one attached hydrogen (secondary N) is 1. The summed E-state index contributed by atoms with van der Waals surface area (Å²) in [5, 5.41) is 2.90. The largest absolute Gasteiger partial charge is 0.339 e. The van der Waals surface area contributed by atoms with Crippen LogP contribution in [0.2, 0.25) is 0 Å². The second-order valence-electron chi connectivity index (χ2n) is 7.17. The van der Waals surface area contributed by atoms with E-state index in [1.165, 1.54) is 12.8 Å². The third kappa shape index (κ3) is 3.92. The van der Waals surface area contributed by atoms with Crippen molar-refractivity contribution in [1.82, 2.24) is 4.90 Å². The SMILES string of the molecule is CC1CCC(N(C)C(=O)c2ccc(NC(=O)C3CC3)cc2)CC1. The molecule has 0 aliphatic heterocycles. The molecule has 2 aliphatic carbocycles. The van der Waals surface area contributed by atoms with Gasteiger partial charge in [-0.25, -0.2) is 0 Å². The summed E-state index contributed by atoms with van der Waals surface area (Å²) in [4.78, 5) is 26.3. The van der Waals surface area contributed by atoms with Gasteiger partial charge in [0.1, 0.15) is 0 Å². The fourth-order valence-electron chi connectivity index (χ4n) is 3.29. The molecule has 0 spiro atoms. The molecule has 3 rings (SSSR count). The van der Waals surface area contributed by atoms with Crippen LogP contribution in [0, 0.1) is 11.8 Å². The maximum Gasteiger partial charge on any atom is 0.253 e. The van der Waals surface area contributed by atoms with Gasteiger partial charge in [-0.05, 0) is 68.7 Å². The lowest BCUT2D eigenvalue weighted by atomic mass is 9.86. The Bertz CT molecular complexity index is 570. The minimum absolute atomic E-state index is 0.0737. The van der Waals surface area contributed by atoms with Crippen molar-refractivity contribution < 1.29 is 9.59 Å². The summed E-state index contributed by atoms with van der Waals surface area (Å²) >= 11 is 0. The fraction of sp³-hybridized carbons (Fsp3) is 0.579. The molecule has 2 aliphatic rings. The first-order valence-corrected chi connectivity index (χ1v) is 8.72. The molecule has 0 unspecified atom stereocenters. The Morgan fingerprint density at radius 1 is 1.00 bits per heavy atom. The molecule has 23 heavy (non-hydrogen) atoms. The number of hydrogen-bond acceptors (Lipinski definition) is 2. The lowest BCUT2D eigenvalue weighted by Gasteiger charge is -2.33. The maximum absolute atomic E-state index is 12.6. The highest BCUT2D eigenvalue weighted by molar-refractivity contribution is 5.96. The summed E-state index contributed by atoms with van der Waals surface area (Å²) in [7, 11) is 1.91. The Morgan fingerprint density at radius 3 is 2.17 bits per heavy atom. The number of carbonyl (C=O) groups is 2. The molecule has 4 heteroatoms. The van der Waals surface area contributed by atoms with Gasteiger partial charge in [0.2, 0.25) is 5.91 Å². The van der Waals surface area contributed by atoms with Crippen LogP contribution in [-0.4, -0.2) is 29.8 Å². The summed E-state index contributed by atoms with van der Waals surface area (Å²) in [5.74, 6) is 1.14. The van der Waals surface area contributed by atoms with Gasteiger partial charge in [0.15, 0.2) is 0 Å². The molecule has 0 atom stereocenters. The molecule has 2 amide bonds. The molecular formula is C19H26N2O2. The molecule has 2 fully saturated rings. The molecule has 1 aromatic rings. The molecule has 124 valence electrons. The van der Waals surface area contributed by atoms with E-state index >= 15 is 0 Å². The zero-order chi connectivity index (χ0) is 16.4. The number of rotatable bonds is 4. The van der Waals surface area contributed by atoms with E-state index in [2.05, 4.69) is 12.2 Å². The van der Waals surface area contributed by atoms with Crippen molar-refractivity contribution in [2.24, 2.45) is 11.8 Å². The molecule has 4 nitrogen and oxygen atoms in total. The minimum Gasteiger partial charge on any atom is -0.339 e. The number of amides is 2. The Hall–Kier alpha value is -1.84. The van der Waals surface area contributed by atoms with Gasteiger partial charge in [-0.15, -0.1) is 0 Å². The summed E-state index contributed by atoms with van der Waals surface area (Å²) in [5.41, 5.74) is 1.46. The van der Waals surface area contributed by atoms with Gasteiger partial charge in [0.05, 0.1) is 0 Å². The van der Waals surface area contributed by atoms with Gasteiger partial charge >= 0.3 is 0 Å². The third-order valence-corrected chi connectivity index (χ3v) is 5.20. The highest BCUT2D eigenvalue weighted by Crippen LogP contribution is 2.30. The first-order valence-electron chi connectivity index (χ1n) is 8.72. The second-order valence-corrected chi connectivity index (χ2v) is 7.17. The van der Waals surface area contributed by atoms with Crippen molar-refractivity contribution in [3.8, 4) is 0 Å². The lowest BCUT2D eigenvalue weighted by molar-refractivity contribution is -0.117. The van der Waals surface area contributed by atoms with Crippen molar-refractivity contribution in [2.45, 2.75) is 51.5 Å². The van der Waals surface area contributed by atoms with Crippen LogP contribution in [-0.2, 0) is 4.79 Å². The number of benzene rings is 1. The summed E-state index contributed by atoms with van der Waals surface area (Å²) < 4.78 is 0. The standard InChI is InChI=1S/C19H26N2O2/c1-13-3-11-17(12-4-13)21(2)19(23)15-7-9-16(10-8-15)20-18(22)14-5-6-14/h7-10,13-14,17H,3-6,11-12H2,1-2H3,(H,20,22). The quantitative estimate of drug-likeness (QED) is 0.921. The Morgan fingerprint density at radius 2 is 1.61 bits per heavy atom. The zero-order valence-electron chi connectivity index (χ0n) is 14.0. The summed E-state index contributed by atoms with van der Waals surface area (Å²) in [6.45, 7) is 2.28. The second kappa shape index (κ2) is 6.73. The molecule has 2 saturated carbocycles. The fourth-order valence-corrected chi connectivity index (χ4v) is 3.29. The highest BCUT2D eigenvalue weighted by Gasteiger charge is 2.29. The van der Waals surface area contributed by atoms with Gasteiger partial charge in [0, 0.05) is 30.3 Å². The van der Waals surface area contributed by atoms with Crippen LogP contribution in [0.4, 0.5) is 5.69 Å². The van der Waals surface area contributed by atoms with Crippen molar-refractivity contribution in [1.29, 1.82) is 0 Å². The van der Waals surface area contributed by atoms with Gasteiger partial charge in [0.25, 0.3) is 5.91 Å². The summed E-state index contributed by atoms with van der Waals surface area (Å²) in [6.07, 6.45) is 6.58. The van der Waals surface area contributed by atoms with E-state index in [9.17, 15) is 9.59 Å². The van der Waals surface area contributed by atoms with Crippen LogP contribution in [0.25, 0.3) is 0 Å². The molecule has 0 heterocycles. The predicted molar refractivity (Wildman–Crippen MR) is 91.3 cm³/mol. The Labute approximate surface area is 138 Å². The van der Waals surface area contributed by atoms with E-state index in [4.69, 9.17) is 0 Å². The molecule has 1 N–H and O–H groups in total.